The average molecular weight is 399 g/mol. The highest BCUT2D eigenvalue weighted by molar-refractivity contribution is 8.01. The van der Waals surface area contributed by atoms with Crippen LogP contribution < -0.4 is 10.9 Å². The van der Waals surface area contributed by atoms with Gasteiger partial charge in [0.25, 0.3) is 12.0 Å². The minimum atomic E-state index is -4.67. The van der Waals surface area contributed by atoms with Gasteiger partial charge in [0.2, 0.25) is 5.91 Å². The van der Waals surface area contributed by atoms with Gasteiger partial charge in [-0.1, -0.05) is 0 Å². The number of carbonyl (C=O) groups is 1. The van der Waals surface area contributed by atoms with Crippen LogP contribution in [-0.2, 0) is 11.3 Å². The zero-order chi connectivity index (χ0) is 19.6. The fraction of sp³-hybridized carbons (Fsp3) is 0.500. The summed E-state index contributed by atoms with van der Waals surface area (Å²) in [5, 5.41) is 7.66. The molecule has 142 valence electrons. The molecule has 1 saturated heterocycles. The number of carbonyl (C=O) groups excluding carboxylic acids is 1. The number of nitrogens with one attached hydrogen (secondary N) is 1. The Morgan fingerprint density at radius 2 is 2.12 bits per heavy atom. The number of pyridine rings is 1. The highest BCUT2D eigenvalue weighted by Gasteiger charge is 2.52. The number of hydrogen-bond donors (Lipinski definition) is 1. The van der Waals surface area contributed by atoms with Gasteiger partial charge in [-0.2, -0.15) is 18.4 Å². The first-order valence-electron chi connectivity index (χ1n) is 7.13. The van der Waals surface area contributed by atoms with E-state index in [0.29, 0.717) is 10.6 Å². The Morgan fingerprint density at radius 3 is 2.62 bits per heavy atom. The Labute approximate surface area is 147 Å². The predicted molar refractivity (Wildman–Crippen MR) is 80.2 cm³/mol. The van der Waals surface area contributed by atoms with E-state index in [1.807, 2.05) is 0 Å². The number of aromatic nitrogens is 1. The lowest BCUT2D eigenvalue weighted by Crippen LogP contribution is -2.29. The van der Waals surface area contributed by atoms with Crippen LogP contribution in [0.2, 0.25) is 0 Å². The van der Waals surface area contributed by atoms with Crippen LogP contribution in [0.5, 0.6) is 0 Å². The summed E-state index contributed by atoms with van der Waals surface area (Å²) in [4.78, 5) is 23.5. The number of rotatable bonds is 4. The Morgan fingerprint density at radius 1 is 1.46 bits per heavy atom. The fourth-order valence-corrected chi connectivity index (χ4v) is 3.82. The van der Waals surface area contributed by atoms with Crippen LogP contribution in [0.1, 0.15) is 6.42 Å². The smallest absolute Gasteiger partial charge is 0.324 e. The molecule has 26 heavy (non-hydrogen) atoms. The van der Waals surface area contributed by atoms with Gasteiger partial charge >= 0.3 is 6.18 Å². The van der Waals surface area contributed by atoms with E-state index in [0.717, 1.165) is 6.20 Å². The molecule has 3 unspecified atom stereocenters. The molecule has 1 fully saturated rings. The first kappa shape index (κ1) is 20.2. The maximum Gasteiger partial charge on any atom is 0.401 e. The molecule has 12 heteroatoms. The lowest BCUT2D eigenvalue weighted by atomic mass is 10.0. The highest BCUT2D eigenvalue weighted by Crippen LogP contribution is 2.46. The number of alkyl halides is 5. The molecule has 0 saturated carbocycles. The second-order valence-electron chi connectivity index (χ2n) is 5.47. The number of halogens is 6. The van der Waals surface area contributed by atoms with Crippen molar-refractivity contribution in [2.45, 2.75) is 36.1 Å². The fourth-order valence-electron chi connectivity index (χ4n) is 2.45. The summed E-state index contributed by atoms with van der Waals surface area (Å²) >= 11 is 0.258. The van der Waals surface area contributed by atoms with Crippen molar-refractivity contribution in [1.82, 2.24) is 4.57 Å². The van der Waals surface area contributed by atoms with E-state index in [2.05, 4.69) is 5.32 Å². The van der Waals surface area contributed by atoms with Crippen LogP contribution in [0.25, 0.3) is 0 Å². The van der Waals surface area contributed by atoms with Crippen molar-refractivity contribution in [3.63, 3.8) is 0 Å². The highest BCUT2D eigenvalue weighted by atomic mass is 32.2. The summed E-state index contributed by atoms with van der Waals surface area (Å²) in [5.41, 5.74) is -1.67. The van der Waals surface area contributed by atoms with Crippen LogP contribution >= 0.6 is 11.8 Å². The van der Waals surface area contributed by atoms with Crippen molar-refractivity contribution in [3.05, 3.63) is 28.4 Å². The average Bonchev–Trinajstić information content (AvgIpc) is 2.96. The molecule has 0 bridgehead atoms. The maximum atomic E-state index is 13.5. The zero-order valence-corrected chi connectivity index (χ0v) is 13.6. The van der Waals surface area contributed by atoms with Crippen LogP contribution in [0.15, 0.2) is 17.1 Å². The lowest BCUT2D eigenvalue weighted by molar-refractivity contribution is -0.133. The van der Waals surface area contributed by atoms with E-state index in [1.54, 1.807) is 0 Å². The van der Waals surface area contributed by atoms with Crippen LogP contribution in [-0.4, -0.2) is 33.6 Å². The molecule has 0 radical (unpaired) electrons. The van der Waals surface area contributed by atoms with Gasteiger partial charge in [0.1, 0.15) is 5.25 Å². The predicted octanol–water partition coefficient (Wildman–Crippen LogP) is 2.77. The number of thioether (sulfide) groups is 1. The van der Waals surface area contributed by atoms with Gasteiger partial charge < -0.3 is 9.88 Å². The van der Waals surface area contributed by atoms with Gasteiger partial charge in [-0.3, -0.25) is 9.59 Å². The lowest BCUT2D eigenvalue weighted by Gasteiger charge is -2.16. The van der Waals surface area contributed by atoms with Crippen LogP contribution in [0.3, 0.4) is 0 Å². The molecule has 0 aromatic carbocycles. The number of amides is 1. The third kappa shape index (κ3) is 4.51. The van der Waals surface area contributed by atoms with Crippen molar-refractivity contribution < 1.29 is 31.1 Å². The third-order valence-corrected chi connectivity index (χ3v) is 5.19. The summed E-state index contributed by atoms with van der Waals surface area (Å²) in [6, 6.07) is 2.10. The maximum absolute atomic E-state index is 13.5. The monoisotopic (exact) mass is 399 g/mol. The van der Waals surface area contributed by atoms with Crippen molar-refractivity contribution in [1.29, 1.82) is 5.26 Å². The second kappa shape index (κ2) is 7.61. The van der Waals surface area contributed by atoms with Crippen molar-refractivity contribution in [2.24, 2.45) is 5.92 Å². The summed E-state index contributed by atoms with van der Waals surface area (Å²) in [6.45, 7) is -1.11. The standard InChI is InChI=1S/C14H11F6N3O2S/c15-8-2-7(4-23(13(8)25)5-10(16)17)22-12(24)9-1-6(3-21)11(26-9)14(18,19)20/h2,4,6,9-11H,1,5H2,(H,22,24). The SMILES string of the molecule is N#CC1CC(C(=O)Nc2cc(F)c(=O)n(CC(F)F)c2)SC1C(F)(F)F. The molecule has 0 aliphatic carbocycles. The third-order valence-electron chi connectivity index (χ3n) is 3.57. The summed E-state index contributed by atoms with van der Waals surface area (Å²) in [7, 11) is 0. The molecule has 3 atom stereocenters. The molecule has 1 aliphatic rings. The molecule has 1 N–H and O–H groups in total. The van der Waals surface area contributed by atoms with Crippen molar-refractivity contribution in [3.8, 4) is 6.07 Å². The Kier molecular flexibility index (Phi) is 5.90. The Bertz CT molecular complexity index is 788. The van der Waals surface area contributed by atoms with Crippen molar-refractivity contribution >= 4 is 23.4 Å². The summed E-state index contributed by atoms with van der Waals surface area (Å²) in [5.74, 6) is -3.76. The van der Waals surface area contributed by atoms with Gasteiger partial charge in [0, 0.05) is 12.3 Å². The number of nitriles is 1. The largest absolute Gasteiger partial charge is 0.401 e. The van der Waals surface area contributed by atoms with Gasteiger partial charge in [-0.15, -0.1) is 11.8 Å². The van der Waals surface area contributed by atoms with Gasteiger partial charge in [0.15, 0.2) is 5.82 Å². The van der Waals surface area contributed by atoms with Gasteiger partial charge in [-0.05, 0) is 6.42 Å². The molecule has 1 aromatic heterocycles. The number of nitrogens with zero attached hydrogens (tertiary/aromatic N) is 2. The number of anilines is 1. The van der Waals surface area contributed by atoms with E-state index in [9.17, 15) is 35.9 Å². The Hall–Kier alpha value is -2.16. The second-order valence-corrected chi connectivity index (χ2v) is 6.82. The van der Waals surface area contributed by atoms with Crippen molar-refractivity contribution in [2.75, 3.05) is 5.32 Å². The normalized spacial score (nSPS) is 23.1. The minimum Gasteiger partial charge on any atom is -0.324 e. The van der Waals surface area contributed by atoms with Gasteiger partial charge in [-0.25, -0.2) is 13.2 Å². The zero-order valence-electron chi connectivity index (χ0n) is 12.8. The minimum absolute atomic E-state index is 0.258. The quantitative estimate of drug-likeness (QED) is 0.791. The summed E-state index contributed by atoms with van der Waals surface area (Å²) < 4.78 is 77.3. The first-order chi connectivity index (χ1) is 12.0. The first-order valence-corrected chi connectivity index (χ1v) is 8.08. The summed E-state index contributed by atoms with van der Waals surface area (Å²) in [6.07, 6.45) is -7.21. The molecule has 0 spiro atoms. The van der Waals surface area contributed by atoms with E-state index < -0.39 is 52.8 Å². The van der Waals surface area contributed by atoms with Crippen LogP contribution in [0, 0.1) is 23.1 Å². The molecule has 1 amide bonds. The van der Waals surface area contributed by atoms with E-state index in [4.69, 9.17) is 5.26 Å². The van der Waals surface area contributed by atoms with Crippen LogP contribution in [0.4, 0.5) is 32.0 Å². The number of hydrogen-bond acceptors (Lipinski definition) is 4. The van der Waals surface area contributed by atoms with E-state index in [1.165, 1.54) is 6.07 Å². The molecule has 5 nitrogen and oxygen atoms in total. The molecular weight excluding hydrogens is 388 g/mol. The molecule has 2 heterocycles. The van der Waals surface area contributed by atoms with E-state index >= 15 is 0 Å². The molecule has 1 aromatic rings. The van der Waals surface area contributed by atoms with Gasteiger partial charge in [0.05, 0.1) is 29.5 Å². The topological polar surface area (TPSA) is 74.9 Å². The Balaban J connectivity index is 2.17. The van der Waals surface area contributed by atoms with E-state index in [-0.39, 0.29) is 23.9 Å². The molecular formula is C14H11F6N3O2S. The molecule has 2 rings (SSSR count). The molecule has 1 aliphatic heterocycles.